The number of anilines is 1. The van der Waals surface area contributed by atoms with Gasteiger partial charge in [-0.25, -0.2) is 4.98 Å². The van der Waals surface area contributed by atoms with Crippen LogP contribution in [0.4, 0.5) is 5.82 Å². The Kier molecular flexibility index (Phi) is 5.12. The fourth-order valence-electron chi connectivity index (χ4n) is 2.12. The third-order valence-corrected chi connectivity index (χ3v) is 3.01. The van der Waals surface area contributed by atoms with Crippen LogP contribution in [0.25, 0.3) is 0 Å². The molecule has 2 aromatic rings. The Morgan fingerprint density at radius 1 is 1.30 bits per heavy atom. The summed E-state index contributed by atoms with van der Waals surface area (Å²) in [4.78, 5) is 6.86. The molecule has 0 aliphatic heterocycles. The van der Waals surface area contributed by atoms with E-state index in [0.717, 1.165) is 37.6 Å². The molecule has 2 aromatic heterocycles. The smallest absolute Gasteiger partial charge is 0.126 e. The van der Waals surface area contributed by atoms with Gasteiger partial charge < -0.3 is 5.32 Å². The van der Waals surface area contributed by atoms with Gasteiger partial charge >= 0.3 is 0 Å². The van der Waals surface area contributed by atoms with E-state index in [-0.39, 0.29) is 0 Å². The average Bonchev–Trinajstić information content (AvgIpc) is 2.82. The van der Waals surface area contributed by atoms with Gasteiger partial charge in [0.15, 0.2) is 0 Å². The fraction of sp³-hybridized carbons (Fsp3) is 0.467. The summed E-state index contributed by atoms with van der Waals surface area (Å²) in [5, 5.41) is 7.51. The Labute approximate surface area is 120 Å². The van der Waals surface area contributed by atoms with Gasteiger partial charge in [0.1, 0.15) is 5.82 Å². The molecule has 0 aliphatic rings. The highest BCUT2D eigenvalue weighted by atomic mass is 15.2. The third kappa shape index (κ3) is 4.35. The van der Waals surface area contributed by atoms with Crippen LogP contribution in [0.1, 0.15) is 24.6 Å². The van der Waals surface area contributed by atoms with Gasteiger partial charge in [-0.1, -0.05) is 13.0 Å². The normalized spacial score (nSPS) is 11.0. The fourth-order valence-corrected chi connectivity index (χ4v) is 2.12. The molecule has 2 heterocycles. The molecule has 5 nitrogen and oxygen atoms in total. The Morgan fingerprint density at radius 2 is 2.15 bits per heavy atom. The van der Waals surface area contributed by atoms with E-state index in [1.54, 1.807) is 0 Å². The van der Waals surface area contributed by atoms with Crippen molar-refractivity contribution in [2.45, 2.75) is 26.4 Å². The van der Waals surface area contributed by atoms with Crippen LogP contribution in [0.15, 0.2) is 30.6 Å². The maximum Gasteiger partial charge on any atom is 0.126 e. The number of rotatable bonds is 7. The lowest BCUT2D eigenvalue weighted by Crippen LogP contribution is -2.18. The van der Waals surface area contributed by atoms with Crippen molar-refractivity contribution in [1.82, 2.24) is 19.7 Å². The SMILES string of the molecule is CCCNc1cccc(CN(C)Cc2cnn(C)c2)n1. The quantitative estimate of drug-likeness (QED) is 0.840. The summed E-state index contributed by atoms with van der Waals surface area (Å²) in [6.45, 7) is 4.82. The molecule has 0 spiro atoms. The van der Waals surface area contributed by atoms with Crippen molar-refractivity contribution in [2.24, 2.45) is 7.05 Å². The summed E-state index contributed by atoms with van der Waals surface area (Å²) in [5.74, 6) is 0.958. The second kappa shape index (κ2) is 7.05. The summed E-state index contributed by atoms with van der Waals surface area (Å²) in [5.41, 5.74) is 2.30. The highest BCUT2D eigenvalue weighted by Crippen LogP contribution is 2.09. The van der Waals surface area contributed by atoms with Gasteiger partial charge in [0, 0.05) is 38.4 Å². The molecule has 1 N–H and O–H groups in total. The van der Waals surface area contributed by atoms with Crippen LogP contribution in [0.2, 0.25) is 0 Å². The lowest BCUT2D eigenvalue weighted by molar-refractivity contribution is 0.315. The summed E-state index contributed by atoms with van der Waals surface area (Å²) in [6, 6.07) is 6.13. The standard InChI is InChI=1S/C15H23N5/c1-4-8-16-15-7-5-6-14(18-15)12-19(2)10-13-9-17-20(3)11-13/h5-7,9,11H,4,8,10,12H2,1-3H3,(H,16,18). The zero-order chi connectivity index (χ0) is 14.4. The Bertz CT molecular complexity index is 535. The van der Waals surface area contributed by atoms with Crippen LogP contribution in [-0.2, 0) is 20.1 Å². The Morgan fingerprint density at radius 3 is 2.85 bits per heavy atom. The van der Waals surface area contributed by atoms with Gasteiger partial charge in [-0.05, 0) is 25.6 Å². The number of aromatic nitrogens is 3. The van der Waals surface area contributed by atoms with E-state index in [1.807, 2.05) is 30.2 Å². The molecule has 2 rings (SSSR count). The van der Waals surface area contributed by atoms with Crippen molar-refractivity contribution >= 4 is 5.82 Å². The number of nitrogens with one attached hydrogen (secondary N) is 1. The van der Waals surface area contributed by atoms with Crippen LogP contribution in [0.3, 0.4) is 0 Å². The van der Waals surface area contributed by atoms with E-state index in [9.17, 15) is 0 Å². The molecule has 0 saturated carbocycles. The van der Waals surface area contributed by atoms with Crippen LogP contribution in [0.5, 0.6) is 0 Å². The number of nitrogens with zero attached hydrogens (tertiary/aromatic N) is 4. The van der Waals surface area contributed by atoms with E-state index in [4.69, 9.17) is 0 Å². The lowest BCUT2D eigenvalue weighted by Gasteiger charge is -2.15. The second-order valence-corrected chi connectivity index (χ2v) is 5.14. The van der Waals surface area contributed by atoms with Crippen LogP contribution >= 0.6 is 0 Å². The third-order valence-electron chi connectivity index (χ3n) is 3.01. The van der Waals surface area contributed by atoms with Crippen LogP contribution in [-0.4, -0.2) is 33.3 Å². The average molecular weight is 273 g/mol. The first-order valence-corrected chi connectivity index (χ1v) is 7.03. The van der Waals surface area contributed by atoms with Crippen molar-refractivity contribution in [3.63, 3.8) is 0 Å². The molecule has 0 amide bonds. The van der Waals surface area contributed by atoms with E-state index >= 15 is 0 Å². The van der Waals surface area contributed by atoms with Crippen LogP contribution < -0.4 is 5.32 Å². The first kappa shape index (κ1) is 14.5. The molecule has 5 heteroatoms. The predicted octanol–water partition coefficient (Wildman–Crippen LogP) is 2.27. The second-order valence-electron chi connectivity index (χ2n) is 5.14. The van der Waals surface area contributed by atoms with Crippen molar-refractivity contribution in [3.05, 3.63) is 41.9 Å². The maximum absolute atomic E-state index is 4.62. The van der Waals surface area contributed by atoms with Crippen molar-refractivity contribution in [1.29, 1.82) is 0 Å². The van der Waals surface area contributed by atoms with E-state index < -0.39 is 0 Å². The minimum absolute atomic E-state index is 0.830. The monoisotopic (exact) mass is 273 g/mol. The molecular weight excluding hydrogens is 250 g/mol. The molecule has 0 aromatic carbocycles. The molecule has 0 saturated heterocycles. The number of hydrogen-bond donors (Lipinski definition) is 1. The molecule has 0 unspecified atom stereocenters. The Hall–Kier alpha value is -1.88. The molecule has 20 heavy (non-hydrogen) atoms. The zero-order valence-corrected chi connectivity index (χ0v) is 12.5. The summed E-state index contributed by atoms with van der Waals surface area (Å²) in [7, 11) is 4.04. The zero-order valence-electron chi connectivity index (χ0n) is 12.5. The maximum atomic E-state index is 4.62. The molecule has 0 atom stereocenters. The number of hydrogen-bond acceptors (Lipinski definition) is 4. The molecule has 0 radical (unpaired) electrons. The number of aryl methyl sites for hydroxylation is 1. The van der Waals surface area contributed by atoms with Gasteiger partial charge in [0.25, 0.3) is 0 Å². The van der Waals surface area contributed by atoms with Gasteiger partial charge in [-0.2, -0.15) is 5.10 Å². The van der Waals surface area contributed by atoms with E-state index in [1.165, 1.54) is 5.56 Å². The Balaban J connectivity index is 1.91. The van der Waals surface area contributed by atoms with Gasteiger partial charge in [0.05, 0.1) is 11.9 Å². The summed E-state index contributed by atoms with van der Waals surface area (Å²) >= 11 is 0. The summed E-state index contributed by atoms with van der Waals surface area (Å²) < 4.78 is 1.83. The van der Waals surface area contributed by atoms with Gasteiger partial charge in [-0.3, -0.25) is 9.58 Å². The topological polar surface area (TPSA) is 46.0 Å². The lowest BCUT2D eigenvalue weighted by atomic mass is 10.3. The summed E-state index contributed by atoms with van der Waals surface area (Å²) in [6.07, 6.45) is 5.05. The van der Waals surface area contributed by atoms with E-state index in [2.05, 4.69) is 46.4 Å². The van der Waals surface area contributed by atoms with Gasteiger partial charge in [0.2, 0.25) is 0 Å². The van der Waals surface area contributed by atoms with Crippen molar-refractivity contribution in [3.8, 4) is 0 Å². The molecule has 0 aliphatic carbocycles. The minimum atomic E-state index is 0.830. The largest absolute Gasteiger partial charge is 0.370 e. The molecule has 0 bridgehead atoms. The first-order valence-electron chi connectivity index (χ1n) is 7.03. The molecule has 108 valence electrons. The predicted molar refractivity (Wildman–Crippen MR) is 81.4 cm³/mol. The van der Waals surface area contributed by atoms with E-state index in [0.29, 0.717) is 0 Å². The molecular formula is C15H23N5. The highest BCUT2D eigenvalue weighted by molar-refractivity contribution is 5.35. The number of pyridine rings is 1. The van der Waals surface area contributed by atoms with Crippen LogP contribution in [0, 0.1) is 0 Å². The van der Waals surface area contributed by atoms with Crippen molar-refractivity contribution < 1.29 is 0 Å². The van der Waals surface area contributed by atoms with Crippen molar-refractivity contribution in [2.75, 3.05) is 18.9 Å². The molecule has 0 fully saturated rings. The highest BCUT2D eigenvalue weighted by Gasteiger charge is 2.05. The first-order chi connectivity index (χ1) is 9.67. The van der Waals surface area contributed by atoms with Gasteiger partial charge in [-0.15, -0.1) is 0 Å². The minimum Gasteiger partial charge on any atom is -0.370 e.